The van der Waals surface area contributed by atoms with Gasteiger partial charge in [-0.15, -0.1) is 11.3 Å². The van der Waals surface area contributed by atoms with Gasteiger partial charge in [-0.2, -0.15) is 5.26 Å². The minimum absolute atomic E-state index is 0.276. The van der Waals surface area contributed by atoms with Gasteiger partial charge in [0.1, 0.15) is 0 Å². The monoisotopic (exact) mass is 327 g/mol. The highest BCUT2D eigenvalue weighted by molar-refractivity contribution is 7.58. The Balaban J connectivity index is 2.16. The van der Waals surface area contributed by atoms with Gasteiger partial charge < -0.3 is 12.6 Å². The van der Waals surface area contributed by atoms with E-state index in [1.54, 1.807) is 11.3 Å². The lowest BCUT2D eigenvalue weighted by Crippen LogP contribution is -2.28. The summed E-state index contributed by atoms with van der Waals surface area (Å²) in [7, 11) is 0. The quantitative estimate of drug-likeness (QED) is 0.710. The van der Waals surface area contributed by atoms with Gasteiger partial charge in [-0.3, -0.25) is 4.98 Å². The zero-order valence-corrected chi connectivity index (χ0v) is 14.8. The molecule has 2 nitrogen and oxygen atoms in total. The molecule has 0 radical (unpaired) electrons. The van der Waals surface area contributed by atoms with Crippen LogP contribution in [0.15, 0.2) is 22.5 Å². The molecule has 0 spiro atoms. The Kier molecular flexibility index (Phi) is 3.96. The highest BCUT2D eigenvalue weighted by Crippen LogP contribution is 2.42. The van der Waals surface area contributed by atoms with Gasteiger partial charge in [0.15, 0.2) is 0 Å². The average molecular weight is 327 g/mol. The minimum Gasteiger partial charge on any atom is -0.759 e. The summed E-state index contributed by atoms with van der Waals surface area (Å²) in [6.07, 6.45) is 3.10. The smallest absolute Gasteiger partial charge is 0.0998 e. The summed E-state index contributed by atoms with van der Waals surface area (Å²) in [4.78, 5) is 5.75. The van der Waals surface area contributed by atoms with Crippen LogP contribution in [0.2, 0.25) is 0 Å². The average Bonchev–Trinajstić information content (AvgIpc) is 2.98. The van der Waals surface area contributed by atoms with Crippen LogP contribution < -0.4 is 0 Å². The number of pyridine rings is 1. The molecule has 0 saturated heterocycles. The third-order valence-corrected chi connectivity index (χ3v) is 5.82. The Labute approximate surface area is 141 Å². The van der Waals surface area contributed by atoms with Crippen LogP contribution in [0.25, 0.3) is 10.4 Å². The van der Waals surface area contributed by atoms with E-state index in [1.165, 1.54) is 5.56 Å². The third-order valence-electron chi connectivity index (χ3n) is 4.64. The summed E-state index contributed by atoms with van der Waals surface area (Å²) < 4.78 is 0. The fraction of sp³-hybridized carbons (Fsp3) is 0.444. The first-order valence-corrected chi connectivity index (χ1v) is 8.87. The number of hydrogen-bond donors (Lipinski definition) is 0. The molecule has 0 bridgehead atoms. The van der Waals surface area contributed by atoms with E-state index < -0.39 is 0 Å². The van der Waals surface area contributed by atoms with E-state index in [0.29, 0.717) is 16.5 Å². The van der Waals surface area contributed by atoms with Gasteiger partial charge in [0, 0.05) is 16.1 Å². The molecule has 0 aliphatic heterocycles. The molecule has 22 heavy (non-hydrogen) atoms. The molecule has 0 N–H and O–H groups in total. The van der Waals surface area contributed by atoms with Crippen LogP contribution in [0.5, 0.6) is 0 Å². The molecule has 4 heteroatoms. The van der Waals surface area contributed by atoms with Gasteiger partial charge in [-0.1, -0.05) is 31.9 Å². The Morgan fingerprint density at radius 1 is 1.41 bits per heavy atom. The number of thiophene rings is 1. The number of nitriles is 1. The van der Waals surface area contributed by atoms with E-state index >= 15 is 0 Å². The molecule has 2 heterocycles. The maximum absolute atomic E-state index is 9.53. The van der Waals surface area contributed by atoms with Gasteiger partial charge in [-0.05, 0) is 47.6 Å². The van der Waals surface area contributed by atoms with Gasteiger partial charge in [0.25, 0.3) is 0 Å². The second-order valence-corrected chi connectivity index (χ2v) is 8.32. The predicted octanol–water partition coefficient (Wildman–Crippen LogP) is 4.74. The van der Waals surface area contributed by atoms with Crippen molar-refractivity contribution in [3.05, 3.63) is 34.3 Å². The molecular weight excluding hydrogens is 308 g/mol. The molecule has 0 fully saturated rings. The van der Waals surface area contributed by atoms with Crippen molar-refractivity contribution in [2.45, 2.75) is 45.1 Å². The van der Waals surface area contributed by atoms with E-state index in [1.807, 2.05) is 11.4 Å². The van der Waals surface area contributed by atoms with Crippen LogP contribution in [0, 0.1) is 22.7 Å². The predicted molar refractivity (Wildman–Crippen MR) is 92.9 cm³/mol. The molecule has 2 aromatic heterocycles. The lowest BCUT2D eigenvalue weighted by atomic mass is 9.71. The highest BCUT2D eigenvalue weighted by Gasteiger charge is 2.31. The van der Waals surface area contributed by atoms with Crippen LogP contribution in [0.3, 0.4) is 0 Å². The lowest BCUT2D eigenvalue weighted by Gasteiger charge is -2.36. The van der Waals surface area contributed by atoms with Crippen molar-refractivity contribution in [1.82, 2.24) is 4.98 Å². The van der Waals surface area contributed by atoms with Gasteiger partial charge in [-0.25, -0.2) is 0 Å². The lowest BCUT2D eigenvalue weighted by molar-refractivity contribution is 0.213. The van der Waals surface area contributed by atoms with Gasteiger partial charge in [0.2, 0.25) is 0 Å². The molecule has 0 aromatic carbocycles. The number of hydrogen-bond acceptors (Lipinski definition) is 4. The molecule has 3 rings (SSSR count). The fourth-order valence-corrected chi connectivity index (χ4v) is 4.34. The molecule has 2 aromatic rings. The summed E-state index contributed by atoms with van der Waals surface area (Å²) in [5.74, 6) is 0.617. The van der Waals surface area contributed by atoms with Crippen molar-refractivity contribution in [2.24, 2.45) is 11.3 Å². The van der Waals surface area contributed by atoms with Crippen LogP contribution in [0.1, 0.15) is 44.0 Å². The van der Waals surface area contributed by atoms with Crippen molar-refractivity contribution in [3.8, 4) is 16.5 Å². The summed E-state index contributed by atoms with van der Waals surface area (Å²) in [5.41, 5.74) is 4.25. The molecule has 114 valence electrons. The summed E-state index contributed by atoms with van der Waals surface area (Å²) in [6, 6.07) is 6.38. The summed E-state index contributed by atoms with van der Waals surface area (Å²) in [6.45, 7) is 6.88. The minimum atomic E-state index is 0.276. The van der Waals surface area contributed by atoms with Gasteiger partial charge in [0.05, 0.1) is 11.6 Å². The normalized spacial score (nSPS) is 17.8. The van der Waals surface area contributed by atoms with Crippen LogP contribution in [0.4, 0.5) is 0 Å². The first-order valence-electron chi connectivity index (χ1n) is 7.58. The SMILES string of the molecule is CC(C)(C)[C@H]1CCc2c(nc([S-])c(C#N)c2-c2cccs2)C1. The molecule has 1 atom stereocenters. The zero-order valence-electron chi connectivity index (χ0n) is 13.1. The van der Waals surface area contributed by atoms with E-state index in [0.717, 1.165) is 35.4 Å². The Bertz CT molecular complexity index is 734. The molecule has 1 aliphatic carbocycles. The van der Waals surface area contributed by atoms with Crippen LogP contribution in [-0.2, 0) is 25.5 Å². The van der Waals surface area contributed by atoms with Crippen molar-refractivity contribution in [1.29, 1.82) is 5.26 Å². The van der Waals surface area contributed by atoms with Crippen LogP contribution in [-0.4, -0.2) is 4.98 Å². The topological polar surface area (TPSA) is 36.7 Å². The Morgan fingerprint density at radius 3 is 2.77 bits per heavy atom. The van der Waals surface area contributed by atoms with Crippen molar-refractivity contribution < 1.29 is 0 Å². The van der Waals surface area contributed by atoms with E-state index in [2.05, 4.69) is 37.9 Å². The molecule has 0 saturated carbocycles. The van der Waals surface area contributed by atoms with E-state index in [-0.39, 0.29) is 5.41 Å². The molecular formula is C18H19N2S2-. The van der Waals surface area contributed by atoms with E-state index in [9.17, 15) is 5.26 Å². The van der Waals surface area contributed by atoms with Gasteiger partial charge >= 0.3 is 0 Å². The maximum Gasteiger partial charge on any atom is 0.0998 e. The van der Waals surface area contributed by atoms with Crippen molar-refractivity contribution in [2.75, 3.05) is 0 Å². The second-order valence-electron chi connectivity index (χ2n) is 6.99. The maximum atomic E-state index is 9.53. The number of rotatable bonds is 1. The Morgan fingerprint density at radius 2 is 2.18 bits per heavy atom. The van der Waals surface area contributed by atoms with Crippen molar-refractivity contribution >= 4 is 24.0 Å². The van der Waals surface area contributed by atoms with Crippen molar-refractivity contribution in [3.63, 3.8) is 0 Å². The second kappa shape index (κ2) is 5.64. The van der Waals surface area contributed by atoms with Crippen LogP contribution >= 0.6 is 11.3 Å². The largest absolute Gasteiger partial charge is 0.759 e. The molecule has 1 aliphatic rings. The fourth-order valence-electron chi connectivity index (χ4n) is 3.28. The molecule has 0 amide bonds. The standard InChI is InChI=1S/C18H20N2S2/c1-18(2,3)11-6-7-12-14(9-11)20-17(21)13(10-19)16(12)15-5-4-8-22-15/h4-5,8,11H,6-7,9H2,1-3H3,(H,20,21)/p-1/t11-/m0/s1. The first-order chi connectivity index (χ1) is 10.4. The zero-order chi connectivity index (χ0) is 15.9. The highest BCUT2D eigenvalue weighted by atomic mass is 32.1. The number of fused-ring (bicyclic) bond motifs is 1. The first kappa shape index (κ1) is 15.5. The number of nitrogens with zero attached hydrogens (tertiary/aromatic N) is 2. The summed E-state index contributed by atoms with van der Waals surface area (Å²) in [5, 5.41) is 12.0. The number of aromatic nitrogens is 1. The van der Waals surface area contributed by atoms with E-state index in [4.69, 9.17) is 12.6 Å². The molecule has 0 unspecified atom stereocenters. The third kappa shape index (κ3) is 2.64. The Hall–Kier alpha value is -1.44. The summed E-state index contributed by atoms with van der Waals surface area (Å²) >= 11 is 7.07.